The van der Waals surface area contributed by atoms with Crippen LogP contribution in [0.2, 0.25) is 0 Å². The van der Waals surface area contributed by atoms with Crippen LogP contribution in [0.25, 0.3) is 5.69 Å². The molecule has 0 radical (unpaired) electrons. The lowest BCUT2D eigenvalue weighted by atomic mass is 9.72. The highest BCUT2D eigenvalue weighted by molar-refractivity contribution is 7.72. The van der Waals surface area contributed by atoms with Gasteiger partial charge in [-0.05, 0) is 115 Å². The van der Waals surface area contributed by atoms with Gasteiger partial charge in [0.05, 0.1) is 17.5 Å². The second-order valence-corrected chi connectivity index (χ2v) is 12.6. The van der Waals surface area contributed by atoms with Crippen molar-refractivity contribution in [3.05, 3.63) is 99.0 Å². The molecule has 5 rings (SSSR count). The summed E-state index contributed by atoms with van der Waals surface area (Å²) in [6, 6.07) is 26.4. The summed E-state index contributed by atoms with van der Waals surface area (Å²) in [5, 5.41) is 5.78. The normalized spacial score (nSPS) is 18.4. The Bertz CT molecular complexity index is 1560. The van der Waals surface area contributed by atoms with Gasteiger partial charge in [-0.1, -0.05) is 69.2 Å². The molecule has 0 saturated heterocycles. The number of anilines is 2. The number of benzene rings is 3. The molecule has 1 aliphatic carbocycles. The van der Waals surface area contributed by atoms with E-state index in [1.165, 1.54) is 48.1 Å². The highest BCUT2D eigenvalue weighted by atomic mass is 32.1. The van der Waals surface area contributed by atoms with E-state index in [9.17, 15) is 0 Å². The second-order valence-electron chi connectivity index (χ2n) is 11.8. The minimum absolute atomic E-state index is 0.0702. The quantitative estimate of drug-likeness (QED) is 0.118. The molecule has 42 heavy (non-hydrogen) atoms. The largest absolute Gasteiger partial charge is 0.378 e. The van der Waals surface area contributed by atoms with Crippen LogP contribution in [0, 0.1) is 9.54 Å². The molecule has 1 heterocycles. The number of aromatic nitrogens is 3. The van der Waals surface area contributed by atoms with E-state index < -0.39 is 0 Å². The first kappa shape index (κ1) is 30.3. The van der Waals surface area contributed by atoms with Gasteiger partial charge in [0.2, 0.25) is 0 Å². The molecule has 8 heteroatoms. The number of rotatable bonds is 11. The topological polar surface area (TPSA) is 61.0 Å². The molecule has 222 valence electrons. The Balaban J connectivity index is 1.26. The van der Waals surface area contributed by atoms with Crippen molar-refractivity contribution in [3.8, 4) is 5.69 Å². The third-order valence-corrected chi connectivity index (χ3v) is 9.26. The lowest BCUT2D eigenvalue weighted by molar-refractivity contribution is 0.0844. The van der Waals surface area contributed by atoms with Gasteiger partial charge in [0, 0.05) is 19.8 Å². The number of nitrogens with one attached hydrogen (secondary N) is 3. The van der Waals surface area contributed by atoms with Crippen LogP contribution in [-0.2, 0) is 4.84 Å². The highest BCUT2D eigenvalue weighted by Crippen LogP contribution is 2.45. The van der Waals surface area contributed by atoms with Crippen molar-refractivity contribution in [1.82, 2.24) is 14.8 Å². The van der Waals surface area contributed by atoms with Crippen molar-refractivity contribution in [3.63, 3.8) is 0 Å². The van der Waals surface area contributed by atoms with Crippen molar-refractivity contribution in [2.45, 2.75) is 76.2 Å². The number of nitrogens with zero attached hydrogens (tertiary/aromatic N) is 2. The maximum absolute atomic E-state index is 6.22. The molecule has 0 bridgehead atoms. The molecule has 4 unspecified atom stereocenters. The molecule has 1 aromatic heterocycles. The summed E-state index contributed by atoms with van der Waals surface area (Å²) in [6.45, 7) is 4.50. The summed E-state index contributed by atoms with van der Waals surface area (Å²) < 4.78 is 2.85. The van der Waals surface area contributed by atoms with Gasteiger partial charge in [-0.2, -0.15) is 0 Å². The Morgan fingerprint density at radius 3 is 2.21 bits per heavy atom. The van der Waals surface area contributed by atoms with Gasteiger partial charge in [-0.3, -0.25) is 25.1 Å². The zero-order valence-electron chi connectivity index (χ0n) is 25.1. The Labute approximate surface area is 260 Å². The predicted molar refractivity (Wildman–Crippen MR) is 179 cm³/mol. The second kappa shape index (κ2) is 13.8. The van der Waals surface area contributed by atoms with Gasteiger partial charge in [0.1, 0.15) is 0 Å². The average Bonchev–Trinajstić information content (AvgIpc) is 3.36. The molecule has 4 aromatic rings. The maximum Gasteiger partial charge on any atom is 0.198 e. The first-order chi connectivity index (χ1) is 20.3. The van der Waals surface area contributed by atoms with Gasteiger partial charge in [-0.25, -0.2) is 0 Å². The van der Waals surface area contributed by atoms with Crippen LogP contribution in [0.1, 0.15) is 86.8 Å². The number of aromatic amines is 2. The fourth-order valence-electron chi connectivity index (χ4n) is 6.29. The molecule has 0 aliphatic heterocycles. The van der Waals surface area contributed by atoms with E-state index in [2.05, 4.69) is 97.1 Å². The monoisotopic (exact) mass is 601 g/mol. The molecule has 3 aromatic carbocycles. The highest BCUT2D eigenvalue weighted by Gasteiger charge is 2.28. The molecule has 4 atom stereocenters. The minimum atomic E-state index is 0.0702. The van der Waals surface area contributed by atoms with E-state index in [1.54, 1.807) is 4.57 Å². The average molecular weight is 602 g/mol. The lowest BCUT2D eigenvalue weighted by Crippen LogP contribution is -2.19. The van der Waals surface area contributed by atoms with Crippen molar-refractivity contribution in [2.75, 3.05) is 24.5 Å². The van der Waals surface area contributed by atoms with Crippen molar-refractivity contribution < 1.29 is 4.84 Å². The zero-order valence-corrected chi connectivity index (χ0v) is 26.7. The molecular weight excluding hydrogens is 559 g/mol. The van der Waals surface area contributed by atoms with E-state index >= 15 is 0 Å². The van der Waals surface area contributed by atoms with Crippen LogP contribution in [0.5, 0.6) is 0 Å². The smallest absolute Gasteiger partial charge is 0.198 e. The Kier molecular flexibility index (Phi) is 9.98. The molecule has 0 spiro atoms. The lowest BCUT2D eigenvalue weighted by Gasteiger charge is -2.33. The van der Waals surface area contributed by atoms with E-state index in [1.807, 2.05) is 24.3 Å². The summed E-state index contributed by atoms with van der Waals surface area (Å²) in [5.74, 6) is 1.49. The summed E-state index contributed by atoms with van der Waals surface area (Å²) in [6.07, 6.45) is 7.02. The van der Waals surface area contributed by atoms with Gasteiger partial charge in [0.25, 0.3) is 0 Å². The van der Waals surface area contributed by atoms with Crippen molar-refractivity contribution in [2.24, 2.45) is 0 Å². The summed E-state index contributed by atoms with van der Waals surface area (Å²) in [5.41, 5.74) is 10.5. The predicted octanol–water partition coefficient (Wildman–Crippen LogP) is 9.42. The third-order valence-electron chi connectivity index (χ3n) is 8.69. The maximum atomic E-state index is 6.22. The Hall–Kier alpha value is -3.20. The molecule has 1 fully saturated rings. The van der Waals surface area contributed by atoms with Crippen LogP contribution in [0.15, 0.2) is 72.8 Å². The van der Waals surface area contributed by atoms with Crippen molar-refractivity contribution >= 4 is 35.8 Å². The van der Waals surface area contributed by atoms with E-state index in [0.717, 1.165) is 24.2 Å². The van der Waals surface area contributed by atoms with Crippen LogP contribution in [0.4, 0.5) is 11.4 Å². The number of H-pyrrole nitrogens is 2. The van der Waals surface area contributed by atoms with Crippen LogP contribution < -0.4 is 10.4 Å². The van der Waals surface area contributed by atoms with Crippen LogP contribution in [-0.4, -0.2) is 35.0 Å². The fourth-order valence-corrected chi connectivity index (χ4v) is 6.85. The molecular formula is C34H43N5OS2. The minimum Gasteiger partial charge on any atom is -0.378 e. The third kappa shape index (κ3) is 7.05. The first-order valence-corrected chi connectivity index (χ1v) is 15.9. The van der Waals surface area contributed by atoms with Crippen LogP contribution >= 0.6 is 24.4 Å². The Morgan fingerprint density at radius 1 is 0.905 bits per heavy atom. The molecule has 3 N–H and O–H groups in total. The van der Waals surface area contributed by atoms with E-state index in [-0.39, 0.29) is 6.10 Å². The SMILES string of the molecule is CCC(CC(C)c1cccc(C2CCCCC2c2cccc(N(C)C)c2)c1)ONc1cccc(-n2c(=S)[nH][nH]c2=S)c1. The van der Waals surface area contributed by atoms with Gasteiger partial charge >= 0.3 is 0 Å². The van der Waals surface area contributed by atoms with E-state index in [4.69, 9.17) is 29.3 Å². The fraction of sp³-hybridized carbons (Fsp3) is 0.412. The number of hydrogen-bond acceptors (Lipinski definition) is 5. The summed E-state index contributed by atoms with van der Waals surface area (Å²) in [7, 11) is 4.25. The number of hydrogen-bond donors (Lipinski definition) is 3. The molecule has 0 amide bonds. The molecule has 1 saturated carbocycles. The standard InChI is InChI=1S/C34H43N5OS2/c1-5-30(40-37-27-14-10-16-29(22-27)39-33(41)35-36-34(39)42)19-23(2)24-11-8-12-25(20-24)31-17-6-7-18-32(31)26-13-9-15-28(21-26)38(3)4/h8-16,20-23,30-32,37H,5-7,17-19H2,1-4H3,(H,35,41)(H,36,42). The van der Waals surface area contributed by atoms with Gasteiger partial charge in [-0.15, -0.1) is 0 Å². The van der Waals surface area contributed by atoms with E-state index in [0.29, 0.717) is 27.3 Å². The van der Waals surface area contributed by atoms with Crippen LogP contribution in [0.3, 0.4) is 0 Å². The Morgan fingerprint density at radius 2 is 1.55 bits per heavy atom. The van der Waals surface area contributed by atoms with Crippen molar-refractivity contribution in [1.29, 1.82) is 0 Å². The molecule has 1 aliphatic rings. The van der Waals surface area contributed by atoms with Gasteiger partial charge in [0.15, 0.2) is 9.54 Å². The summed E-state index contributed by atoms with van der Waals surface area (Å²) in [4.78, 5) is 8.43. The zero-order chi connectivity index (χ0) is 29.6. The molecule has 6 nitrogen and oxygen atoms in total. The van der Waals surface area contributed by atoms with Gasteiger partial charge < -0.3 is 4.90 Å². The first-order valence-electron chi connectivity index (χ1n) is 15.1. The summed E-state index contributed by atoms with van der Waals surface area (Å²) >= 11 is 10.7.